The average molecular weight is 439 g/mol. The van der Waals surface area contributed by atoms with Gasteiger partial charge in [0.05, 0.1) is 11.1 Å². The van der Waals surface area contributed by atoms with Crippen LogP contribution in [0.3, 0.4) is 0 Å². The second-order valence-electron chi connectivity index (χ2n) is 7.39. The van der Waals surface area contributed by atoms with Crippen LogP contribution in [0.2, 0.25) is 0 Å². The molecular formula is C22H21N3O5S. The predicted molar refractivity (Wildman–Crippen MR) is 115 cm³/mol. The number of rotatable bonds is 6. The van der Waals surface area contributed by atoms with Gasteiger partial charge in [-0.15, -0.1) is 0 Å². The number of carboxylic acid groups (broad SMARTS) is 1. The number of benzene rings is 2. The molecule has 4 aromatic rings. The maximum atomic E-state index is 13.0. The molecule has 0 bridgehead atoms. The highest BCUT2D eigenvalue weighted by Crippen LogP contribution is 2.29. The molecule has 9 heteroatoms. The molecule has 8 nitrogen and oxygen atoms in total. The van der Waals surface area contributed by atoms with Gasteiger partial charge in [0.2, 0.25) is 15.8 Å². The lowest BCUT2D eigenvalue weighted by Gasteiger charge is -2.15. The van der Waals surface area contributed by atoms with Crippen molar-refractivity contribution in [3.63, 3.8) is 0 Å². The molecule has 0 fully saturated rings. The Bertz CT molecular complexity index is 1400. The van der Waals surface area contributed by atoms with E-state index in [9.17, 15) is 18.3 Å². The van der Waals surface area contributed by atoms with Crippen molar-refractivity contribution in [3.8, 4) is 11.1 Å². The zero-order valence-corrected chi connectivity index (χ0v) is 18.0. The van der Waals surface area contributed by atoms with E-state index in [4.69, 9.17) is 4.42 Å². The van der Waals surface area contributed by atoms with Crippen molar-refractivity contribution >= 4 is 27.0 Å². The van der Waals surface area contributed by atoms with Crippen LogP contribution in [0, 0.1) is 6.92 Å². The fraction of sp³-hybridized carbons (Fsp3) is 0.182. The van der Waals surface area contributed by atoms with Crippen molar-refractivity contribution in [2.45, 2.75) is 24.8 Å². The van der Waals surface area contributed by atoms with Gasteiger partial charge in [-0.25, -0.2) is 17.9 Å². The number of aromatic nitrogens is 2. The lowest BCUT2D eigenvalue weighted by Crippen LogP contribution is -2.26. The normalized spacial score (nSPS) is 12.9. The summed E-state index contributed by atoms with van der Waals surface area (Å²) in [5.41, 5.74) is 3.39. The van der Waals surface area contributed by atoms with Gasteiger partial charge in [0.1, 0.15) is 5.58 Å². The van der Waals surface area contributed by atoms with E-state index in [1.54, 1.807) is 24.7 Å². The van der Waals surface area contributed by atoms with Gasteiger partial charge < -0.3 is 9.52 Å². The van der Waals surface area contributed by atoms with Gasteiger partial charge in [-0.1, -0.05) is 18.2 Å². The third kappa shape index (κ3) is 3.97. The molecule has 1 atom stereocenters. The number of carboxylic acids is 1. The zero-order valence-electron chi connectivity index (χ0n) is 17.2. The molecule has 160 valence electrons. The third-order valence-electron chi connectivity index (χ3n) is 5.17. The molecule has 2 heterocycles. The second kappa shape index (κ2) is 7.68. The molecule has 0 saturated heterocycles. The van der Waals surface area contributed by atoms with Crippen LogP contribution in [-0.4, -0.2) is 29.3 Å². The lowest BCUT2D eigenvalue weighted by atomic mass is 10.0. The minimum Gasteiger partial charge on any atom is -0.475 e. The monoisotopic (exact) mass is 439 g/mol. The van der Waals surface area contributed by atoms with Crippen LogP contribution >= 0.6 is 0 Å². The van der Waals surface area contributed by atoms with Gasteiger partial charge >= 0.3 is 5.97 Å². The Morgan fingerprint density at radius 2 is 1.97 bits per heavy atom. The zero-order chi connectivity index (χ0) is 22.3. The summed E-state index contributed by atoms with van der Waals surface area (Å²) in [7, 11) is -2.02. The number of sulfonamides is 1. The van der Waals surface area contributed by atoms with Crippen molar-refractivity contribution in [2.24, 2.45) is 7.05 Å². The topological polar surface area (TPSA) is 114 Å². The fourth-order valence-corrected chi connectivity index (χ4v) is 4.76. The molecule has 2 aromatic heterocycles. The van der Waals surface area contributed by atoms with Crippen LogP contribution < -0.4 is 4.72 Å². The quantitative estimate of drug-likeness (QED) is 0.471. The number of furan rings is 1. The molecule has 0 amide bonds. The Balaban J connectivity index is 1.63. The van der Waals surface area contributed by atoms with Crippen LogP contribution in [-0.2, 0) is 17.1 Å². The minimum absolute atomic E-state index is 0.0381. The van der Waals surface area contributed by atoms with Crippen LogP contribution in [0.25, 0.3) is 22.1 Å². The number of fused-ring (bicyclic) bond motifs is 1. The Morgan fingerprint density at radius 1 is 1.19 bits per heavy atom. The molecular weight excluding hydrogens is 418 g/mol. The molecule has 0 aliphatic rings. The van der Waals surface area contributed by atoms with Gasteiger partial charge in [-0.3, -0.25) is 4.68 Å². The summed E-state index contributed by atoms with van der Waals surface area (Å²) in [6, 6.07) is 11.4. The predicted octanol–water partition coefficient (Wildman–Crippen LogP) is 3.88. The van der Waals surface area contributed by atoms with E-state index in [2.05, 4.69) is 9.82 Å². The molecule has 4 rings (SSSR count). The summed E-state index contributed by atoms with van der Waals surface area (Å²) >= 11 is 0. The number of aryl methyl sites for hydroxylation is 2. The highest BCUT2D eigenvalue weighted by molar-refractivity contribution is 7.89. The average Bonchev–Trinajstić information content (AvgIpc) is 3.31. The summed E-state index contributed by atoms with van der Waals surface area (Å²) in [4.78, 5) is 11.3. The first-order valence-electron chi connectivity index (χ1n) is 9.53. The molecule has 1 unspecified atom stereocenters. The van der Waals surface area contributed by atoms with Crippen molar-refractivity contribution in [1.29, 1.82) is 0 Å². The van der Waals surface area contributed by atoms with Crippen molar-refractivity contribution in [2.75, 3.05) is 0 Å². The molecule has 0 radical (unpaired) electrons. The van der Waals surface area contributed by atoms with E-state index in [1.807, 2.05) is 37.5 Å². The SMILES string of the molecule is Cc1c(C(=O)O)oc2ccc(S(=O)(=O)NC(C)c3cccc(-c4cnn(C)c4)c3)cc12. The van der Waals surface area contributed by atoms with Gasteiger partial charge in [-0.05, 0) is 49.2 Å². The summed E-state index contributed by atoms with van der Waals surface area (Å²) in [5, 5.41) is 13.8. The number of hydrogen-bond donors (Lipinski definition) is 2. The van der Waals surface area contributed by atoms with Crippen LogP contribution in [0.15, 0.2) is 64.2 Å². The van der Waals surface area contributed by atoms with Crippen LogP contribution in [0.5, 0.6) is 0 Å². The molecule has 0 aliphatic heterocycles. The molecule has 0 aliphatic carbocycles. The first-order valence-corrected chi connectivity index (χ1v) is 11.0. The smallest absolute Gasteiger partial charge is 0.372 e. The number of nitrogens with zero attached hydrogens (tertiary/aromatic N) is 2. The maximum absolute atomic E-state index is 13.0. The number of nitrogens with one attached hydrogen (secondary N) is 1. The molecule has 0 saturated carbocycles. The molecule has 31 heavy (non-hydrogen) atoms. The summed E-state index contributed by atoms with van der Waals surface area (Å²) in [6.07, 6.45) is 3.64. The fourth-order valence-electron chi connectivity index (χ4n) is 3.50. The van der Waals surface area contributed by atoms with E-state index < -0.39 is 22.0 Å². The highest BCUT2D eigenvalue weighted by Gasteiger charge is 2.22. The largest absolute Gasteiger partial charge is 0.475 e. The van der Waals surface area contributed by atoms with E-state index in [1.165, 1.54) is 18.2 Å². The number of aromatic carboxylic acids is 1. The molecule has 2 N–H and O–H groups in total. The van der Waals surface area contributed by atoms with Gasteiger partial charge in [0, 0.05) is 35.8 Å². The third-order valence-corrected chi connectivity index (χ3v) is 6.71. The Labute approximate surface area is 179 Å². The van der Waals surface area contributed by atoms with E-state index in [0.29, 0.717) is 16.5 Å². The Kier molecular flexibility index (Phi) is 5.16. The highest BCUT2D eigenvalue weighted by atomic mass is 32.2. The first kappa shape index (κ1) is 20.8. The van der Waals surface area contributed by atoms with Gasteiger partial charge in [-0.2, -0.15) is 5.10 Å². The first-order chi connectivity index (χ1) is 14.7. The van der Waals surface area contributed by atoms with Crippen LogP contribution in [0.1, 0.15) is 34.6 Å². The second-order valence-corrected chi connectivity index (χ2v) is 9.10. The van der Waals surface area contributed by atoms with E-state index >= 15 is 0 Å². The van der Waals surface area contributed by atoms with Crippen molar-refractivity contribution in [3.05, 3.63) is 71.7 Å². The van der Waals surface area contributed by atoms with E-state index in [-0.39, 0.29) is 10.7 Å². The maximum Gasteiger partial charge on any atom is 0.372 e. The summed E-state index contributed by atoms with van der Waals surface area (Å²) < 4.78 is 35.7. The van der Waals surface area contributed by atoms with Gasteiger partial charge in [0.25, 0.3) is 0 Å². The van der Waals surface area contributed by atoms with Gasteiger partial charge in [0.15, 0.2) is 0 Å². The summed E-state index contributed by atoms with van der Waals surface area (Å²) in [6.45, 7) is 3.36. The standard InChI is InChI=1S/C22H21N3O5S/c1-13-19-10-18(7-8-20(19)30-21(13)22(26)27)31(28,29)24-14(2)15-5-4-6-16(9-15)17-11-23-25(3)12-17/h4-12,14,24H,1-3H3,(H,26,27). The number of hydrogen-bond acceptors (Lipinski definition) is 5. The number of carbonyl (C=O) groups is 1. The Hall–Kier alpha value is -3.43. The lowest BCUT2D eigenvalue weighted by molar-refractivity contribution is 0.0664. The molecule has 2 aromatic carbocycles. The van der Waals surface area contributed by atoms with Crippen molar-refractivity contribution in [1.82, 2.24) is 14.5 Å². The van der Waals surface area contributed by atoms with E-state index in [0.717, 1.165) is 16.7 Å². The van der Waals surface area contributed by atoms with Crippen molar-refractivity contribution < 1.29 is 22.7 Å². The minimum atomic E-state index is -3.86. The Morgan fingerprint density at radius 3 is 2.65 bits per heavy atom. The summed E-state index contributed by atoms with van der Waals surface area (Å²) in [5.74, 6) is -1.39. The molecule has 0 spiro atoms. The van der Waals surface area contributed by atoms with Crippen LogP contribution in [0.4, 0.5) is 0 Å².